The molecule has 0 aromatic heterocycles. The quantitative estimate of drug-likeness (QED) is 0.338. The predicted octanol–water partition coefficient (Wildman–Crippen LogP) is 3.33. The largest absolute Gasteiger partial charge is 0.444 e. The van der Waals surface area contributed by atoms with E-state index >= 15 is 0 Å². The van der Waals surface area contributed by atoms with E-state index in [0.29, 0.717) is 25.0 Å². The van der Waals surface area contributed by atoms with Gasteiger partial charge in [0.2, 0.25) is 0 Å². The number of hydrogen-bond donors (Lipinski definition) is 1. The van der Waals surface area contributed by atoms with E-state index < -0.39 is 5.60 Å². The van der Waals surface area contributed by atoms with Gasteiger partial charge in [-0.05, 0) is 47.0 Å². The van der Waals surface area contributed by atoms with Gasteiger partial charge in [0.15, 0.2) is 5.96 Å². The van der Waals surface area contributed by atoms with Crippen LogP contribution in [0.2, 0.25) is 0 Å². The van der Waals surface area contributed by atoms with Crippen molar-refractivity contribution in [2.45, 2.75) is 59.5 Å². The van der Waals surface area contributed by atoms with Crippen molar-refractivity contribution in [2.24, 2.45) is 10.4 Å². The van der Waals surface area contributed by atoms with Crippen LogP contribution in [0.3, 0.4) is 0 Å². The van der Waals surface area contributed by atoms with Crippen LogP contribution < -0.4 is 5.32 Å². The van der Waals surface area contributed by atoms with Crippen LogP contribution >= 0.6 is 24.0 Å². The lowest BCUT2D eigenvalue weighted by molar-refractivity contribution is 0.0256. The van der Waals surface area contributed by atoms with Crippen LogP contribution in [-0.2, 0) is 9.47 Å². The van der Waals surface area contributed by atoms with E-state index in [4.69, 9.17) is 14.5 Å². The van der Waals surface area contributed by atoms with Gasteiger partial charge in [-0.1, -0.05) is 6.92 Å². The van der Waals surface area contributed by atoms with E-state index in [0.717, 1.165) is 58.1 Å². The minimum atomic E-state index is -0.478. The summed E-state index contributed by atoms with van der Waals surface area (Å²) in [7, 11) is 0. The summed E-state index contributed by atoms with van der Waals surface area (Å²) in [6, 6.07) is 0. The molecule has 2 rings (SSSR count). The van der Waals surface area contributed by atoms with Crippen molar-refractivity contribution in [1.29, 1.82) is 0 Å². The van der Waals surface area contributed by atoms with Crippen LogP contribution in [0.25, 0.3) is 0 Å². The molecular weight excluding hydrogens is 471 g/mol. The molecule has 0 radical (unpaired) electrons. The highest BCUT2D eigenvalue weighted by atomic mass is 127. The minimum Gasteiger partial charge on any atom is -0.444 e. The number of amides is 1. The highest BCUT2D eigenvalue weighted by Crippen LogP contribution is 2.38. The first kappa shape index (κ1) is 25.3. The molecule has 0 aliphatic carbocycles. The van der Waals surface area contributed by atoms with Crippen LogP contribution in [0.1, 0.15) is 53.9 Å². The summed E-state index contributed by atoms with van der Waals surface area (Å²) in [6.07, 6.45) is 2.95. The zero-order valence-corrected chi connectivity index (χ0v) is 20.6. The lowest BCUT2D eigenvalue weighted by Crippen LogP contribution is -2.42. The number of halogens is 1. The fourth-order valence-corrected chi connectivity index (χ4v) is 3.68. The molecule has 1 atom stereocenters. The van der Waals surface area contributed by atoms with Crippen LogP contribution in [-0.4, -0.2) is 79.9 Å². The SMILES string of the molecule is CCCN(CCN=C(NCC)N1CCC2(CCOC2)C1)C(=O)OC(C)(C)C.I. The molecule has 1 unspecified atom stereocenters. The van der Waals surface area contributed by atoms with Crippen molar-refractivity contribution in [3.05, 3.63) is 0 Å². The van der Waals surface area contributed by atoms with Gasteiger partial charge in [-0.2, -0.15) is 0 Å². The Hall–Kier alpha value is -0.770. The van der Waals surface area contributed by atoms with Crippen LogP contribution in [0.4, 0.5) is 4.79 Å². The zero-order chi connectivity index (χ0) is 19.9. The molecule has 8 heteroatoms. The molecule has 2 heterocycles. The van der Waals surface area contributed by atoms with Crippen LogP contribution in [0.15, 0.2) is 4.99 Å². The normalized spacial score (nSPS) is 22.3. The average Bonchev–Trinajstić information content (AvgIpc) is 3.22. The first-order valence-electron chi connectivity index (χ1n) is 10.4. The van der Waals surface area contributed by atoms with Crippen molar-refractivity contribution < 1.29 is 14.3 Å². The summed E-state index contributed by atoms with van der Waals surface area (Å²) in [5.74, 6) is 0.946. The van der Waals surface area contributed by atoms with Gasteiger partial charge in [0.1, 0.15) is 5.60 Å². The zero-order valence-electron chi connectivity index (χ0n) is 18.3. The minimum absolute atomic E-state index is 0. The van der Waals surface area contributed by atoms with Gasteiger partial charge in [-0.15, -0.1) is 24.0 Å². The molecule has 28 heavy (non-hydrogen) atoms. The maximum atomic E-state index is 12.4. The molecule has 1 amide bonds. The monoisotopic (exact) mass is 510 g/mol. The Kier molecular flexibility index (Phi) is 10.3. The number of nitrogens with zero attached hydrogens (tertiary/aromatic N) is 3. The highest BCUT2D eigenvalue weighted by molar-refractivity contribution is 14.0. The van der Waals surface area contributed by atoms with Gasteiger partial charge in [0.05, 0.1) is 13.2 Å². The molecular formula is C20H39IN4O3. The fraction of sp³-hybridized carbons (Fsp3) is 0.900. The number of likely N-dealkylation sites (tertiary alicyclic amines) is 1. The first-order valence-corrected chi connectivity index (χ1v) is 10.4. The van der Waals surface area contributed by atoms with Gasteiger partial charge in [0.25, 0.3) is 0 Å². The fourth-order valence-electron chi connectivity index (χ4n) is 3.68. The Morgan fingerprint density at radius 3 is 2.61 bits per heavy atom. The van der Waals surface area contributed by atoms with E-state index in [2.05, 4.69) is 24.1 Å². The molecule has 0 bridgehead atoms. The number of ether oxygens (including phenoxy) is 2. The Balaban J connectivity index is 0.00000392. The lowest BCUT2D eigenvalue weighted by atomic mass is 9.87. The first-order chi connectivity index (χ1) is 12.8. The molecule has 0 aromatic rings. The molecule has 0 aromatic carbocycles. The number of carbonyl (C=O) groups is 1. The summed E-state index contributed by atoms with van der Waals surface area (Å²) in [6.45, 7) is 16.3. The summed E-state index contributed by atoms with van der Waals surface area (Å²) in [4.78, 5) is 21.3. The summed E-state index contributed by atoms with van der Waals surface area (Å²) >= 11 is 0. The summed E-state index contributed by atoms with van der Waals surface area (Å²) in [5.41, 5.74) is -0.171. The number of guanidine groups is 1. The second kappa shape index (κ2) is 11.4. The molecule has 2 aliphatic heterocycles. The Morgan fingerprint density at radius 1 is 1.29 bits per heavy atom. The third kappa shape index (κ3) is 7.57. The number of nitrogens with one attached hydrogen (secondary N) is 1. The molecule has 7 nitrogen and oxygen atoms in total. The molecule has 2 saturated heterocycles. The maximum absolute atomic E-state index is 12.4. The molecule has 2 aliphatic rings. The summed E-state index contributed by atoms with van der Waals surface area (Å²) in [5, 5.41) is 3.40. The Labute approximate surface area is 187 Å². The third-order valence-electron chi connectivity index (χ3n) is 5.03. The number of rotatable bonds is 6. The smallest absolute Gasteiger partial charge is 0.410 e. The van der Waals surface area contributed by atoms with Crippen molar-refractivity contribution in [2.75, 3.05) is 52.5 Å². The van der Waals surface area contributed by atoms with Crippen LogP contribution in [0.5, 0.6) is 0 Å². The van der Waals surface area contributed by atoms with Crippen molar-refractivity contribution in [3.63, 3.8) is 0 Å². The van der Waals surface area contributed by atoms with Crippen molar-refractivity contribution in [3.8, 4) is 0 Å². The molecule has 0 saturated carbocycles. The second-order valence-corrected chi connectivity index (χ2v) is 8.68. The lowest BCUT2D eigenvalue weighted by Gasteiger charge is -2.27. The highest BCUT2D eigenvalue weighted by Gasteiger charge is 2.42. The third-order valence-corrected chi connectivity index (χ3v) is 5.03. The number of aliphatic imine (C=N–C) groups is 1. The van der Waals surface area contributed by atoms with Gasteiger partial charge in [0, 0.05) is 44.7 Å². The second-order valence-electron chi connectivity index (χ2n) is 8.68. The van der Waals surface area contributed by atoms with E-state index in [9.17, 15) is 4.79 Å². The van der Waals surface area contributed by atoms with Gasteiger partial charge in [-0.3, -0.25) is 4.99 Å². The van der Waals surface area contributed by atoms with Crippen molar-refractivity contribution in [1.82, 2.24) is 15.1 Å². The number of hydrogen-bond acceptors (Lipinski definition) is 4. The van der Waals surface area contributed by atoms with E-state index in [1.54, 1.807) is 4.90 Å². The predicted molar refractivity (Wildman–Crippen MR) is 124 cm³/mol. The standard InChI is InChI=1S/C20H38N4O3.HI/c1-6-11-23(18(25)27-19(3,4)5)13-10-22-17(21-7-2)24-12-8-20(15-24)9-14-26-16-20;/h6-16H2,1-5H3,(H,21,22);1H. The van der Waals surface area contributed by atoms with Gasteiger partial charge in [-0.25, -0.2) is 4.79 Å². The van der Waals surface area contributed by atoms with Crippen molar-refractivity contribution >= 4 is 36.0 Å². The van der Waals surface area contributed by atoms with E-state index in [1.165, 1.54) is 0 Å². The molecule has 1 spiro atoms. The van der Waals surface area contributed by atoms with E-state index in [1.807, 2.05) is 20.8 Å². The topological polar surface area (TPSA) is 66.4 Å². The maximum Gasteiger partial charge on any atom is 0.410 e. The van der Waals surface area contributed by atoms with Crippen LogP contribution in [0, 0.1) is 5.41 Å². The molecule has 2 fully saturated rings. The average molecular weight is 510 g/mol. The Morgan fingerprint density at radius 2 is 2.04 bits per heavy atom. The van der Waals surface area contributed by atoms with E-state index in [-0.39, 0.29) is 30.1 Å². The van der Waals surface area contributed by atoms with Gasteiger partial charge >= 0.3 is 6.09 Å². The van der Waals surface area contributed by atoms with Gasteiger partial charge < -0.3 is 24.6 Å². The Bertz CT molecular complexity index is 516. The molecule has 164 valence electrons. The summed E-state index contributed by atoms with van der Waals surface area (Å²) < 4.78 is 11.2. The number of carbonyl (C=O) groups excluding carboxylic acids is 1. The molecule has 1 N–H and O–H groups in total.